The van der Waals surface area contributed by atoms with E-state index in [-0.39, 0.29) is 19.4 Å². The molecule has 15 heteroatoms. The average Bonchev–Trinajstić information content (AvgIpc) is 3.29. The highest BCUT2D eigenvalue weighted by Gasteiger charge is 2.47. The molecule has 2 fully saturated rings. The van der Waals surface area contributed by atoms with Gasteiger partial charge in [-0.2, -0.15) is 0 Å². The van der Waals surface area contributed by atoms with Crippen molar-refractivity contribution in [3.05, 3.63) is 48.6 Å². The number of carbonyl (C=O) groups is 2. The highest BCUT2D eigenvalue weighted by molar-refractivity contribution is 5.70. The third kappa shape index (κ3) is 24.8. The summed E-state index contributed by atoms with van der Waals surface area (Å²) in [4.78, 5) is 25.7. The van der Waals surface area contributed by atoms with Gasteiger partial charge in [-0.1, -0.05) is 140 Å². The molecule has 2 aliphatic heterocycles. The van der Waals surface area contributed by atoms with E-state index in [2.05, 4.69) is 62.5 Å². The molecule has 0 aromatic heterocycles. The summed E-state index contributed by atoms with van der Waals surface area (Å²) in [7, 11) is 0. The lowest BCUT2D eigenvalue weighted by Crippen LogP contribution is -2.61. The van der Waals surface area contributed by atoms with Crippen molar-refractivity contribution in [2.24, 2.45) is 0 Å². The second-order valence-corrected chi connectivity index (χ2v) is 16.9. The molecule has 2 rings (SSSR count). The summed E-state index contributed by atoms with van der Waals surface area (Å²) >= 11 is 0. The Balaban J connectivity index is 1.85. The van der Waals surface area contributed by atoms with E-state index in [9.17, 15) is 45.3 Å². The molecule has 0 aliphatic carbocycles. The molecular weight excluding hydrogens is 829 g/mol. The van der Waals surface area contributed by atoms with Crippen LogP contribution in [0, 0.1) is 0 Å². The minimum Gasteiger partial charge on any atom is -0.462 e. The van der Waals surface area contributed by atoms with Crippen molar-refractivity contribution >= 4 is 11.9 Å². The maximum absolute atomic E-state index is 13.0. The molecule has 2 heterocycles. The normalized spacial score (nSPS) is 27.0. The van der Waals surface area contributed by atoms with Crippen LogP contribution in [0.25, 0.3) is 0 Å². The second-order valence-electron chi connectivity index (χ2n) is 16.9. The standard InChI is InChI=1S/C49H84O15/c1-3-5-7-9-11-13-15-17-18-20-21-23-25-27-29-31-40(51)59-34-37(62-41(52)32-30-28-26-24-22-19-16-14-12-10-8-6-4-2)35-60-48-47(58)45(56)43(54)39(64-48)36-61-49-46(57)44(55)42(53)38(33-50)63-49/h5,7,11,13,17-18,21,23,37-39,42-50,53-58H,3-4,6,8-10,12,14-16,19-20,22,24-36H2,1-2H3/b7-5+,13-11+,18-17+,23-21+/t37-,38-,39-,42+,43+,44?,45?,46?,47?,48-,49-/m1/s1. The first-order chi connectivity index (χ1) is 31.0. The molecule has 7 N–H and O–H groups in total. The first-order valence-electron chi connectivity index (χ1n) is 24.2. The smallest absolute Gasteiger partial charge is 0.306 e. The third-order valence-corrected chi connectivity index (χ3v) is 11.3. The van der Waals surface area contributed by atoms with Gasteiger partial charge in [-0.05, 0) is 51.4 Å². The van der Waals surface area contributed by atoms with Crippen molar-refractivity contribution < 1.29 is 73.8 Å². The van der Waals surface area contributed by atoms with E-state index in [4.69, 9.17) is 28.4 Å². The predicted molar refractivity (Wildman–Crippen MR) is 243 cm³/mol. The summed E-state index contributed by atoms with van der Waals surface area (Å²) in [6, 6.07) is 0. The van der Waals surface area contributed by atoms with E-state index in [0.29, 0.717) is 12.8 Å². The Morgan fingerprint density at radius 1 is 0.516 bits per heavy atom. The van der Waals surface area contributed by atoms with Crippen LogP contribution in [0.1, 0.15) is 155 Å². The van der Waals surface area contributed by atoms with Gasteiger partial charge in [0.2, 0.25) is 0 Å². The molecule has 0 amide bonds. The fourth-order valence-corrected chi connectivity index (χ4v) is 7.32. The summed E-state index contributed by atoms with van der Waals surface area (Å²) in [5.74, 6) is -0.974. The van der Waals surface area contributed by atoms with Crippen LogP contribution < -0.4 is 0 Å². The zero-order chi connectivity index (χ0) is 46.8. The van der Waals surface area contributed by atoms with Crippen LogP contribution in [0.4, 0.5) is 0 Å². The van der Waals surface area contributed by atoms with Crippen molar-refractivity contribution in [2.75, 3.05) is 26.4 Å². The van der Waals surface area contributed by atoms with Gasteiger partial charge < -0.3 is 64.2 Å². The Bertz CT molecular complexity index is 1300. The molecular formula is C49H84O15. The van der Waals surface area contributed by atoms with Crippen LogP contribution in [0.5, 0.6) is 0 Å². The number of aliphatic hydroxyl groups excluding tert-OH is 7. The quantitative estimate of drug-likeness (QED) is 0.0220. The molecule has 0 aromatic rings. The Hall–Kier alpha value is -2.54. The van der Waals surface area contributed by atoms with E-state index in [1.807, 2.05) is 0 Å². The fraction of sp³-hybridized carbons (Fsp3) is 0.796. The van der Waals surface area contributed by atoms with Gasteiger partial charge in [-0.3, -0.25) is 9.59 Å². The second kappa shape index (κ2) is 36.6. The van der Waals surface area contributed by atoms with Crippen molar-refractivity contribution in [2.45, 2.75) is 223 Å². The topological polar surface area (TPSA) is 231 Å². The molecule has 0 bridgehead atoms. The molecule has 11 atom stereocenters. The molecule has 0 radical (unpaired) electrons. The Labute approximate surface area is 382 Å². The van der Waals surface area contributed by atoms with Crippen molar-refractivity contribution in [3.8, 4) is 0 Å². The zero-order valence-electron chi connectivity index (χ0n) is 38.8. The van der Waals surface area contributed by atoms with Crippen LogP contribution in [-0.4, -0.2) is 142 Å². The summed E-state index contributed by atoms with van der Waals surface area (Å²) in [6.07, 6.45) is 21.5. The van der Waals surface area contributed by atoms with E-state index < -0.39 is 99.3 Å². The Morgan fingerprint density at radius 2 is 0.984 bits per heavy atom. The van der Waals surface area contributed by atoms with Crippen LogP contribution >= 0.6 is 0 Å². The van der Waals surface area contributed by atoms with E-state index in [0.717, 1.165) is 57.8 Å². The lowest BCUT2D eigenvalue weighted by atomic mass is 9.98. The first kappa shape index (κ1) is 57.6. The SMILES string of the molecule is CC/C=C/C/C=C/C/C=C/C/C=C/CCCCC(=O)OC[C@H](CO[C@@H]1O[C@H](CO[C@@H]2O[C@H](CO)[C@H](O)C(O)C2O)[C@H](O)C(O)C1O)OC(=O)CCCCCCCCCCCCCCC. The lowest BCUT2D eigenvalue weighted by molar-refractivity contribution is -0.332. The largest absolute Gasteiger partial charge is 0.462 e. The van der Waals surface area contributed by atoms with Gasteiger partial charge in [0.25, 0.3) is 0 Å². The van der Waals surface area contributed by atoms with Crippen LogP contribution in [0.2, 0.25) is 0 Å². The third-order valence-electron chi connectivity index (χ3n) is 11.3. The number of carbonyl (C=O) groups excluding carboxylic acids is 2. The van der Waals surface area contributed by atoms with Gasteiger partial charge in [0.15, 0.2) is 18.7 Å². The fourth-order valence-electron chi connectivity index (χ4n) is 7.32. The minimum atomic E-state index is -1.77. The van der Waals surface area contributed by atoms with Crippen molar-refractivity contribution in [1.29, 1.82) is 0 Å². The molecule has 0 spiro atoms. The molecule has 4 unspecified atom stereocenters. The first-order valence-corrected chi connectivity index (χ1v) is 24.2. The number of hydrogen-bond donors (Lipinski definition) is 7. The van der Waals surface area contributed by atoms with E-state index in [1.165, 1.54) is 57.8 Å². The Morgan fingerprint density at radius 3 is 1.55 bits per heavy atom. The summed E-state index contributed by atoms with van der Waals surface area (Å²) in [5.41, 5.74) is 0. The van der Waals surface area contributed by atoms with Gasteiger partial charge in [0, 0.05) is 12.8 Å². The van der Waals surface area contributed by atoms with Crippen LogP contribution in [-0.2, 0) is 38.0 Å². The van der Waals surface area contributed by atoms with Crippen molar-refractivity contribution in [3.63, 3.8) is 0 Å². The average molecular weight is 913 g/mol. The maximum Gasteiger partial charge on any atom is 0.306 e. The highest BCUT2D eigenvalue weighted by Crippen LogP contribution is 2.26. The number of unbranched alkanes of at least 4 members (excludes halogenated alkanes) is 14. The number of aliphatic hydroxyl groups is 7. The van der Waals surface area contributed by atoms with E-state index in [1.54, 1.807) is 0 Å². The summed E-state index contributed by atoms with van der Waals surface area (Å²) in [5, 5.41) is 71.9. The molecule has 0 saturated carbocycles. The summed E-state index contributed by atoms with van der Waals surface area (Å²) < 4.78 is 33.5. The summed E-state index contributed by atoms with van der Waals surface area (Å²) in [6.45, 7) is 2.41. The monoisotopic (exact) mass is 913 g/mol. The van der Waals surface area contributed by atoms with Crippen LogP contribution in [0.15, 0.2) is 48.6 Å². The van der Waals surface area contributed by atoms with Gasteiger partial charge in [0.1, 0.15) is 55.4 Å². The molecule has 0 aromatic carbocycles. The zero-order valence-corrected chi connectivity index (χ0v) is 38.8. The molecule has 15 nitrogen and oxygen atoms in total. The molecule has 370 valence electrons. The van der Waals surface area contributed by atoms with Gasteiger partial charge in [-0.25, -0.2) is 0 Å². The number of esters is 2. The van der Waals surface area contributed by atoms with Crippen molar-refractivity contribution in [1.82, 2.24) is 0 Å². The number of ether oxygens (including phenoxy) is 6. The molecule has 2 aliphatic rings. The van der Waals surface area contributed by atoms with E-state index >= 15 is 0 Å². The number of allylic oxidation sites excluding steroid dienone is 8. The van der Waals surface area contributed by atoms with Crippen LogP contribution in [0.3, 0.4) is 0 Å². The predicted octanol–water partition coefficient (Wildman–Crippen LogP) is 5.93. The Kier molecular flexibility index (Phi) is 32.9. The number of rotatable bonds is 36. The number of hydrogen-bond acceptors (Lipinski definition) is 15. The minimum absolute atomic E-state index is 0.157. The molecule has 64 heavy (non-hydrogen) atoms. The van der Waals surface area contributed by atoms with Gasteiger partial charge >= 0.3 is 11.9 Å². The highest BCUT2D eigenvalue weighted by atomic mass is 16.7. The molecule has 2 saturated heterocycles. The van der Waals surface area contributed by atoms with Gasteiger partial charge in [0.05, 0.1) is 19.8 Å². The van der Waals surface area contributed by atoms with Gasteiger partial charge in [-0.15, -0.1) is 0 Å². The maximum atomic E-state index is 13.0. The lowest BCUT2D eigenvalue weighted by Gasteiger charge is -2.42.